The summed E-state index contributed by atoms with van der Waals surface area (Å²) in [5.74, 6) is 1.51. The van der Waals surface area contributed by atoms with Gasteiger partial charge in [0, 0.05) is 17.3 Å². The molecule has 170 valence electrons. The molecule has 3 rings (SSSR count). The Morgan fingerprint density at radius 1 is 1.32 bits per heavy atom. The number of thioether (sulfide) groups is 1. The number of thiophene rings is 1. The minimum atomic E-state index is -0.346. The minimum Gasteiger partial charge on any atom is -0.462 e. The van der Waals surface area contributed by atoms with Crippen molar-refractivity contribution >= 4 is 40.0 Å². The van der Waals surface area contributed by atoms with Gasteiger partial charge in [-0.15, -0.1) is 21.5 Å². The average Bonchev–Trinajstić information content (AvgIpc) is 3.27. The van der Waals surface area contributed by atoms with Crippen molar-refractivity contribution < 1.29 is 14.3 Å². The molecule has 0 unspecified atom stereocenters. The highest BCUT2D eigenvalue weighted by Crippen LogP contribution is 2.40. The third-order valence-corrected chi connectivity index (χ3v) is 7.42. The van der Waals surface area contributed by atoms with Crippen LogP contribution in [0.2, 0.25) is 0 Å². The highest BCUT2D eigenvalue weighted by molar-refractivity contribution is 7.99. The fourth-order valence-electron chi connectivity index (χ4n) is 3.82. The number of nitrogens with one attached hydrogen (secondary N) is 1. The number of amides is 1. The Kier molecular flexibility index (Phi) is 8.16. The molecule has 2 aromatic heterocycles. The van der Waals surface area contributed by atoms with Gasteiger partial charge in [-0.2, -0.15) is 0 Å². The van der Waals surface area contributed by atoms with Gasteiger partial charge in [0.2, 0.25) is 5.91 Å². The van der Waals surface area contributed by atoms with E-state index < -0.39 is 0 Å². The van der Waals surface area contributed by atoms with Crippen molar-refractivity contribution in [1.29, 1.82) is 0 Å². The number of nitrogens with zero attached hydrogens (tertiary/aromatic N) is 3. The van der Waals surface area contributed by atoms with E-state index >= 15 is 0 Å². The molecule has 7 nitrogen and oxygen atoms in total. The van der Waals surface area contributed by atoms with Crippen LogP contribution in [-0.4, -0.2) is 39.0 Å². The molecule has 0 fully saturated rings. The number of carbonyl (C=O) groups excluding carboxylic acids is 2. The van der Waals surface area contributed by atoms with Gasteiger partial charge in [-0.3, -0.25) is 4.79 Å². The summed E-state index contributed by atoms with van der Waals surface area (Å²) in [5, 5.41) is 12.9. The first-order chi connectivity index (χ1) is 14.8. The van der Waals surface area contributed by atoms with Crippen LogP contribution >= 0.6 is 23.1 Å². The zero-order valence-corrected chi connectivity index (χ0v) is 20.6. The summed E-state index contributed by atoms with van der Waals surface area (Å²) in [6.45, 7) is 11.5. The minimum absolute atomic E-state index is 0.153. The van der Waals surface area contributed by atoms with E-state index in [4.69, 9.17) is 4.74 Å². The number of carbonyl (C=O) groups is 2. The van der Waals surface area contributed by atoms with Gasteiger partial charge in [-0.05, 0) is 44.1 Å². The quantitative estimate of drug-likeness (QED) is 0.419. The summed E-state index contributed by atoms with van der Waals surface area (Å²) < 4.78 is 7.38. The van der Waals surface area contributed by atoms with Crippen molar-refractivity contribution in [3.63, 3.8) is 0 Å². The van der Waals surface area contributed by atoms with Crippen molar-refractivity contribution in [2.45, 2.75) is 77.9 Å². The summed E-state index contributed by atoms with van der Waals surface area (Å²) in [7, 11) is 0. The molecule has 0 saturated carbocycles. The van der Waals surface area contributed by atoms with Crippen LogP contribution in [0.4, 0.5) is 5.00 Å². The Morgan fingerprint density at radius 3 is 2.77 bits per heavy atom. The zero-order chi connectivity index (χ0) is 22.5. The van der Waals surface area contributed by atoms with E-state index in [-0.39, 0.29) is 23.5 Å². The van der Waals surface area contributed by atoms with Crippen molar-refractivity contribution in [1.82, 2.24) is 14.8 Å². The zero-order valence-electron chi connectivity index (χ0n) is 19.0. The number of ether oxygens (including phenoxy) is 1. The van der Waals surface area contributed by atoms with Gasteiger partial charge in [0.15, 0.2) is 5.16 Å². The lowest BCUT2D eigenvalue weighted by molar-refractivity contribution is -0.113. The Balaban J connectivity index is 1.74. The van der Waals surface area contributed by atoms with Crippen molar-refractivity contribution in [2.24, 2.45) is 5.92 Å². The highest BCUT2D eigenvalue weighted by atomic mass is 32.2. The highest BCUT2D eigenvalue weighted by Gasteiger charge is 2.29. The predicted molar refractivity (Wildman–Crippen MR) is 125 cm³/mol. The van der Waals surface area contributed by atoms with Gasteiger partial charge in [0.05, 0.1) is 17.9 Å². The van der Waals surface area contributed by atoms with Gasteiger partial charge in [0.25, 0.3) is 0 Å². The number of hydrogen-bond acceptors (Lipinski definition) is 7. The lowest BCUT2D eigenvalue weighted by atomic mass is 9.88. The van der Waals surface area contributed by atoms with Crippen LogP contribution in [-0.2, 0) is 28.9 Å². The van der Waals surface area contributed by atoms with Gasteiger partial charge in [0.1, 0.15) is 10.8 Å². The SMILES string of the molecule is CCCn1c(SCC(=O)Nc2sc3c(c2C(=O)OCC)CC[C@H](C)C3)nnc1C(C)C. The van der Waals surface area contributed by atoms with Crippen molar-refractivity contribution in [3.8, 4) is 0 Å². The molecule has 1 N–H and O–H groups in total. The fraction of sp³-hybridized carbons (Fsp3) is 0.636. The maximum atomic E-state index is 12.8. The first kappa shape index (κ1) is 23.8. The van der Waals surface area contributed by atoms with Crippen molar-refractivity contribution in [3.05, 3.63) is 21.8 Å². The first-order valence-corrected chi connectivity index (χ1v) is 12.8. The number of rotatable bonds is 9. The van der Waals surface area contributed by atoms with Gasteiger partial charge < -0.3 is 14.6 Å². The normalized spacial score (nSPS) is 15.7. The largest absolute Gasteiger partial charge is 0.462 e. The molecule has 2 aromatic rings. The summed E-state index contributed by atoms with van der Waals surface area (Å²) in [5.41, 5.74) is 1.59. The second kappa shape index (κ2) is 10.6. The maximum Gasteiger partial charge on any atom is 0.341 e. The van der Waals surface area contributed by atoms with E-state index in [0.717, 1.165) is 48.8 Å². The molecule has 0 saturated heterocycles. The summed E-state index contributed by atoms with van der Waals surface area (Å²) in [6.07, 6.45) is 3.81. The molecule has 31 heavy (non-hydrogen) atoms. The van der Waals surface area contributed by atoms with Gasteiger partial charge >= 0.3 is 5.97 Å². The van der Waals surface area contributed by atoms with E-state index in [0.29, 0.717) is 23.1 Å². The van der Waals surface area contributed by atoms with Crippen LogP contribution in [0.15, 0.2) is 5.16 Å². The molecular formula is C22H32N4O3S2. The van der Waals surface area contributed by atoms with Crippen LogP contribution in [0.1, 0.15) is 80.0 Å². The van der Waals surface area contributed by atoms with Crippen LogP contribution in [0, 0.1) is 5.92 Å². The molecule has 0 aliphatic heterocycles. The van der Waals surface area contributed by atoms with Gasteiger partial charge in [-0.1, -0.05) is 39.5 Å². The Morgan fingerprint density at radius 2 is 2.10 bits per heavy atom. The van der Waals surface area contributed by atoms with E-state index in [1.165, 1.54) is 28.0 Å². The standard InChI is InChI=1S/C22H32N4O3S2/c1-6-10-26-19(13(3)4)24-25-22(26)30-12-17(27)23-20-18(21(28)29-7-2)15-9-8-14(5)11-16(15)31-20/h13-14H,6-12H2,1-5H3,(H,23,27)/t14-/m0/s1. The second-order valence-electron chi connectivity index (χ2n) is 8.26. The van der Waals surface area contributed by atoms with Crippen LogP contribution in [0.5, 0.6) is 0 Å². The molecule has 1 amide bonds. The molecule has 0 aromatic carbocycles. The third kappa shape index (κ3) is 5.49. The predicted octanol–water partition coefficient (Wildman–Crippen LogP) is 4.91. The lowest BCUT2D eigenvalue weighted by Gasteiger charge is -2.18. The second-order valence-corrected chi connectivity index (χ2v) is 10.3. The number of esters is 1. The molecule has 0 bridgehead atoms. The van der Waals surface area contributed by atoms with Crippen LogP contribution < -0.4 is 5.32 Å². The third-order valence-electron chi connectivity index (χ3n) is 5.29. The summed E-state index contributed by atoms with van der Waals surface area (Å²) in [6, 6.07) is 0. The topological polar surface area (TPSA) is 86.1 Å². The molecule has 1 aliphatic carbocycles. The van der Waals surface area contributed by atoms with E-state index in [1.54, 1.807) is 6.92 Å². The number of fused-ring (bicyclic) bond motifs is 1. The number of anilines is 1. The van der Waals surface area contributed by atoms with Crippen LogP contribution in [0.3, 0.4) is 0 Å². The molecule has 2 heterocycles. The summed E-state index contributed by atoms with van der Waals surface area (Å²) >= 11 is 2.89. The van der Waals surface area contributed by atoms with Crippen molar-refractivity contribution in [2.75, 3.05) is 17.7 Å². The van der Waals surface area contributed by atoms with E-state index in [9.17, 15) is 9.59 Å². The molecule has 1 atom stereocenters. The lowest BCUT2D eigenvalue weighted by Crippen LogP contribution is -2.18. The average molecular weight is 465 g/mol. The van der Waals surface area contributed by atoms with E-state index in [1.807, 2.05) is 0 Å². The molecule has 9 heteroatoms. The van der Waals surface area contributed by atoms with E-state index in [2.05, 4.69) is 47.8 Å². The summed E-state index contributed by atoms with van der Waals surface area (Å²) in [4.78, 5) is 26.6. The molecular weight excluding hydrogens is 432 g/mol. The number of hydrogen-bond donors (Lipinski definition) is 1. The smallest absolute Gasteiger partial charge is 0.341 e. The first-order valence-electron chi connectivity index (χ1n) is 11.0. The maximum absolute atomic E-state index is 12.8. The Bertz CT molecular complexity index is 936. The number of aromatic nitrogens is 3. The Labute approximate surface area is 192 Å². The van der Waals surface area contributed by atoms with Gasteiger partial charge in [-0.25, -0.2) is 4.79 Å². The Hall–Kier alpha value is -1.87. The molecule has 1 aliphatic rings. The fourth-order valence-corrected chi connectivity index (χ4v) is 6.01. The molecule has 0 spiro atoms. The van der Waals surface area contributed by atoms with Crippen LogP contribution in [0.25, 0.3) is 0 Å². The molecule has 0 radical (unpaired) electrons. The monoisotopic (exact) mass is 464 g/mol.